The maximum Gasteiger partial charge on any atom is 0.261 e. The molecule has 0 spiro atoms. The van der Waals surface area contributed by atoms with E-state index in [1.54, 1.807) is 12.1 Å². The average Bonchev–Trinajstić information content (AvgIpc) is 2.61. The molecule has 0 unspecified atom stereocenters. The van der Waals surface area contributed by atoms with E-state index < -0.39 is 20.0 Å². The van der Waals surface area contributed by atoms with Crippen molar-refractivity contribution in [1.82, 2.24) is 4.31 Å². The lowest BCUT2D eigenvalue weighted by Gasteiger charge is -2.34. The van der Waals surface area contributed by atoms with E-state index >= 15 is 0 Å². The minimum atomic E-state index is -3.72. The zero-order valence-corrected chi connectivity index (χ0v) is 17.9. The van der Waals surface area contributed by atoms with Gasteiger partial charge in [0.25, 0.3) is 10.0 Å². The van der Waals surface area contributed by atoms with E-state index in [1.165, 1.54) is 40.7 Å². The summed E-state index contributed by atoms with van der Waals surface area (Å²) in [4.78, 5) is 0.332. The SMILES string of the molecule is Cc1ccc(S(=O)(=O)Nc2ccc(S(=O)(=O)N3C[C@H](C)C[C@@H](C)C3)cc2)cc1. The first-order valence-corrected chi connectivity index (χ1v) is 12.2. The maximum absolute atomic E-state index is 12.9. The van der Waals surface area contributed by atoms with E-state index in [-0.39, 0.29) is 9.79 Å². The van der Waals surface area contributed by atoms with Crippen molar-refractivity contribution in [2.24, 2.45) is 11.8 Å². The summed E-state index contributed by atoms with van der Waals surface area (Å²) in [6.07, 6.45) is 1.02. The van der Waals surface area contributed by atoms with Gasteiger partial charge in [0.05, 0.1) is 9.79 Å². The number of hydrogen-bond donors (Lipinski definition) is 1. The highest BCUT2D eigenvalue weighted by Crippen LogP contribution is 2.27. The van der Waals surface area contributed by atoms with Crippen LogP contribution in [0.3, 0.4) is 0 Å². The molecule has 1 N–H and O–H groups in total. The van der Waals surface area contributed by atoms with Crippen LogP contribution in [-0.2, 0) is 20.0 Å². The largest absolute Gasteiger partial charge is 0.280 e. The summed E-state index contributed by atoms with van der Waals surface area (Å²) in [7, 11) is -7.31. The molecule has 2 atom stereocenters. The molecule has 8 heteroatoms. The van der Waals surface area contributed by atoms with Crippen LogP contribution in [0.15, 0.2) is 58.3 Å². The summed E-state index contributed by atoms with van der Waals surface area (Å²) < 4.78 is 54.8. The molecule has 0 saturated carbocycles. The third-order valence-corrected chi connectivity index (χ3v) is 8.15. The molecule has 2 aromatic carbocycles. The molecule has 6 nitrogen and oxygen atoms in total. The minimum Gasteiger partial charge on any atom is -0.280 e. The van der Waals surface area contributed by atoms with Gasteiger partial charge in [0.1, 0.15) is 0 Å². The molecule has 0 aromatic heterocycles. The van der Waals surface area contributed by atoms with Gasteiger partial charge in [-0.3, -0.25) is 4.72 Å². The molecule has 1 heterocycles. The zero-order valence-electron chi connectivity index (χ0n) is 16.3. The molecule has 0 aliphatic carbocycles. The molecule has 1 aliphatic heterocycles. The molecular weight excluding hydrogens is 396 g/mol. The van der Waals surface area contributed by atoms with Gasteiger partial charge >= 0.3 is 0 Å². The number of hydrogen-bond acceptors (Lipinski definition) is 4. The van der Waals surface area contributed by atoms with Gasteiger partial charge in [-0.1, -0.05) is 31.5 Å². The van der Waals surface area contributed by atoms with Crippen molar-refractivity contribution >= 4 is 25.7 Å². The number of anilines is 1. The lowest BCUT2D eigenvalue weighted by Crippen LogP contribution is -2.42. The van der Waals surface area contributed by atoms with Crippen LogP contribution >= 0.6 is 0 Å². The highest BCUT2D eigenvalue weighted by Gasteiger charge is 2.31. The Balaban J connectivity index is 1.78. The van der Waals surface area contributed by atoms with Crippen molar-refractivity contribution in [3.05, 3.63) is 54.1 Å². The van der Waals surface area contributed by atoms with Crippen LogP contribution < -0.4 is 4.72 Å². The molecule has 0 bridgehead atoms. The van der Waals surface area contributed by atoms with Gasteiger partial charge in [0.15, 0.2) is 0 Å². The Morgan fingerprint density at radius 3 is 1.86 bits per heavy atom. The van der Waals surface area contributed by atoms with E-state index in [4.69, 9.17) is 0 Å². The number of nitrogens with zero attached hydrogens (tertiary/aromatic N) is 1. The van der Waals surface area contributed by atoms with Gasteiger partial charge in [0, 0.05) is 18.8 Å². The van der Waals surface area contributed by atoms with Gasteiger partial charge in [-0.15, -0.1) is 0 Å². The van der Waals surface area contributed by atoms with E-state index in [2.05, 4.69) is 18.6 Å². The van der Waals surface area contributed by atoms with Crippen LogP contribution in [0, 0.1) is 18.8 Å². The summed E-state index contributed by atoms with van der Waals surface area (Å²) in [5.74, 6) is 0.637. The molecule has 1 saturated heterocycles. The Morgan fingerprint density at radius 2 is 1.32 bits per heavy atom. The van der Waals surface area contributed by atoms with E-state index in [0.717, 1.165) is 12.0 Å². The molecule has 1 aliphatic rings. The summed E-state index contributed by atoms with van der Waals surface area (Å²) in [5, 5.41) is 0. The number of nitrogens with one attached hydrogen (secondary N) is 1. The van der Waals surface area contributed by atoms with Crippen molar-refractivity contribution in [2.45, 2.75) is 37.0 Å². The second-order valence-electron chi connectivity index (χ2n) is 7.71. The third kappa shape index (κ3) is 4.56. The van der Waals surface area contributed by atoms with Gasteiger partial charge in [-0.05, 0) is 61.6 Å². The normalized spacial score (nSPS) is 21.4. The molecule has 0 radical (unpaired) electrons. The van der Waals surface area contributed by atoms with Crippen molar-refractivity contribution in [1.29, 1.82) is 0 Å². The lowest BCUT2D eigenvalue weighted by molar-refractivity contribution is 0.222. The van der Waals surface area contributed by atoms with E-state index in [1.807, 2.05) is 6.92 Å². The van der Waals surface area contributed by atoms with Gasteiger partial charge in [-0.25, -0.2) is 16.8 Å². The van der Waals surface area contributed by atoms with Crippen molar-refractivity contribution in [3.63, 3.8) is 0 Å². The second-order valence-corrected chi connectivity index (χ2v) is 11.3. The number of sulfonamides is 2. The Bertz CT molecular complexity index is 1020. The Kier molecular flexibility index (Phi) is 5.84. The topological polar surface area (TPSA) is 83.5 Å². The minimum absolute atomic E-state index is 0.158. The molecular formula is C20H26N2O4S2. The van der Waals surface area contributed by atoms with E-state index in [9.17, 15) is 16.8 Å². The lowest BCUT2D eigenvalue weighted by atomic mass is 9.94. The summed E-state index contributed by atoms with van der Waals surface area (Å²) in [5.41, 5.74) is 1.29. The number of aryl methyl sites for hydroxylation is 1. The number of piperidine rings is 1. The number of benzene rings is 2. The fourth-order valence-corrected chi connectivity index (χ4v) is 6.32. The summed E-state index contributed by atoms with van der Waals surface area (Å²) in [6.45, 7) is 7.01. The summed E-state index contributed by atoms with van der Waals surface area (Å²) in [6, 6.07) is 12.4. The standard InChI is InChI=1S/C20H26N2O4S2/c1-15-4-8-19(9-5-15)27(23,24)21-18-6-10-20(11-7-18)28(25,26)22-13-16(2)12-17(3)14-22/h4-11,16-17,21H,12-14H2,1-3H3/t16-,17-/m1/s1. The predicted octanol–water partition coefficient (Wildman–Crippen LogP) is 3.46. The predicted molar refractivity (Wildman–Crippen MR) is 110 cm³/mol. The monoisotopic (exact) mass is 422 g/mol. The van der Waals surface area contributed by atoms with Crippen molar-refractivity contribution in [2.75, 3.05) is 17.8 Å². The van der Waals surface area contributed by atoms with Crippen molar-refractivity contribution < 1.29 is 16.8 Å². The Morgan fingerprint density at radius 1 is 0.821 bits per heavy atom. The van der Waals surface area contributed by atoms with Gasteiger partial charge in [-0.2, -0.15) is 4.31 Å². The molecule has 1 fully saturated rings. The van der Waals surface area contributed by atoms with Gasteiger partial charge in [0.2, 0.25) is 10.0 Å². The van der Waals surface area contributed by atoms with Crippen LogP contribution in [0.5, 0.6) is 0 Å². The summed E-state index contributed by atoms with van der Waals surface area (Å²) >= 11 is 0. The van der Waals surface area contributed by atoms with Gasteiger partial charge < -0.3 is 0 Å². The van der Waals surface area contributed by atoms with Crippen LogP contribution in [0.25, 0.3) is 0 Å². The zero-order chi connectivity index (χ0) is 20.5. The number of rotatable bonds is 5. The van der Waals surface area contributed by atoms with Crippen LogP contribution in [0.4, 0.5) is 5.69 Å². The molecule has 152 valence electrons. The fraction of sp³-hybridized carbons (Fsp3) is 0.400. The first-order valence-electron chi connectivity index (χ1n) is 9.27. The van der Waals surface area contributed by atoms with Crippen molar-refractivity contribution in [3.8, 4) is 0 Å². The first-order chi connectivity index (χ1) is 13.1. The average molecular weight is 423 g/mol. The quantitative estimate of drug-likeness (QED) is 0.800. The fourth-order valence-electron chi connectivity index (χ4n) is 3.58. The smallest absolute Gasteiger partial charge is 0.261 e. The Labute approximate surface area is 167 Å². The van der Waals surface area contributed by atoms with Crippen LogP contribution in [0.1, 0.15) is 25.8 Å². The van der Waals surface area contributed by atoms with Crippen LogP contribution in [-0.4, -0.2) is 34.2 Å². The van der Waals surface area contributed by atoms with E-state index in [0.29, 0.717) is 30.6 Å². The highest BCUT2D eigenvalue weighted by atomic mass is 32.2. The second kappa shape index (κ2) is 7.85. The molecule has 3 rings (SSSR count). The molecule has 2 aromatic rings. The molecule has 28 heavy (non-hydrogen) atoms. The molecule has 0 amide bonds. The highest BCUT2D eigenvalue weighted by molar-refractivity contribution is 7.92. The van der Waals surface area contributed by atoms with Crippen LogP contribution in [0.2, 0.25) is 0 Å². The first kappa shape index (κ1) is 20.8. The third-order valence-electron chi connectivity index (χ3n) is 4.91. The maximum atomic E-state index is 12.9. The Hall–Kier alpha value is -1.90.